The second-order valence-electron chi connectivity index (χ2n) is 5.48. The van der Waals surface area contributed by atoms with Gasteiger partial charge in [-0.3, -0.25) is 4.90 Å². The molecule has 0 amide bonds. The minimum atomic E-state index is -0.485. The van der Waals surface area contributed by atoms with E-state index >= 15 is 0 Å². The monoisotopic (exact) mass is 291 g/mol. The van der Waals surface area contributed by atoms with Gasteiger partial charge in [0, 0.05) is 19.6 Å². The molecule has 0 radical (unpaired) electrons. The molecular formula is C17H25NO3. The molecule has 116 valence electrons. The number of aryl methyl sites for hydroxylation is 1. The Morgan fingerprint density at radius 2 is 2.19 bits per heavy atom. The highest BCUT2D eigenvalue weighted by Gasteiger charge is 2.15. The molecule has 0 spiro atoms. The van der Waals surface area contributed by atoms with Gasteiger partial charge in [-0.25, -0.2) is 0 Å². The maximum Gasteiger partial charge on any atom is 0.122 e. The Kier molecular flexibility index (Phi) is 6.23. The molecule has 1 aromatic carbocycles. The van der Waals surface area contributed by atoms with Crippen LogP contribution in [0.2, 0.25) is 0 Å². The molecule has 1 aromatic rings. The molecule has 0 unspecified atom stereocenters. The Morgan fingerprint density at radius 3 is 2.90 bits per heavy atom. The lowest BCUT2D eigenvalue weighted by atomic mass is 10.1. The van der Waals surface area contributed by atoms with Crippen molar-refractivity contribution in [3.05, 3.63) is 42.0 Å². The summed E-state index contributed by atoms with van der Waals surface area (Å²) in [6, 6.07) is 6.09. The van der Waals surface area contributed by atoms with E-state index in [0.29, 0.717) is 13.2 Å². The molecule has 0 saturated carbocycles. The van der Waals surface area contributed by atoms with Crippen molar-refractivity contribution in [2.45, 2.75) is 19.4 Å². The third-order valence-corrected chi connectivity index (χ3v) is 3.58. The van der Waals surface area contributed by atoms with E-state index in [4.69, 9.17) is 9.47 Å². The lowest BCUT2D eigenvalue weighted by molar-refractivity contribution is 0.00459. The summed E-state index contributed by atoms with van der Waals surface area (Å²) in [6.45, 7) is 10.0. The predicted octanol–water partition coefficient (Wildman–Crippen LogP) is 1.80. The molecule has 1 aliphatic rings. The average Bonchev–Trinajstić information content (AvgIpc) is 2.48. The van der Waals surface area contributed by atoms with Crippen molar-refractivity contribution < 1.29 is 14.6 Å². The number of nitrogens with zero attached hydrogens (tertiary/aromatic N) is 1. The molecule has 4 nitrogen and oxygen atoms in total. The second-order valence-corrected chi connectivity index (χ2v) is 5.48. The van der Waals surface area contributed by atoms with Gasteiger partial charge in [0.25, 0.3) is 0 Å². The molecule has 1 fully saturated rings. The number of β-amino-alcohol motifs (C(OH)–C–C–N with tert-alkyl or cyclic N) is 1. The van der Waals surface area contributed by atoms with Crippen molar-refractivity contribution in [1.29, 1.82) is 0 Å². The Labute approximate surface area is 127 Å². The Morgan fingerprint density at radius 1 is 1.43 bits per heavy atom. The first-order chi connectivity index (χ1) is 10.2. The largest absolute Gasteiger partial charge is 0.491 e. The topological polar surface area (TPSA) is 41.9 Å². The van der Waals surface area contributed by atoms with Gasteiger partial charge < -0.3 is 14.6 Å². The number of benzene rings is 1. The zero-order valence-electron chi connectivity index (χ0n) is 12.8. The van der Waals surface area contributed by atoms with Crippen LogP contribution in [-0.2, 0) is 11.2 Å². The molecular weight excluding hydrogens is 266 g/mol. The SMILES string of the molecule is C=CCc1cc(C)ccc1OC[C@H](O)CN1CCOCC1. The highest BCUT2D eigenvalue weighted by Crippen LogP contribution is 2.21. The lowest BCUT2D eigenvalue weighted by Crippen LogP contribution is -2.42. The Balaban J connectivity index is 1.85. The summed E-state index contributed by atoms with van der Waals surface area (Å²) < 4.78 is 11.1. The normalized spacial score (nSPS) is 17.4. The van der Waals surface area contributed by atoms with E-state index in [1.165, 1.54) is 5.56 Å². The Hall–Kier alpha value is -1.36. The fourth-order valence-electron chi connectivity index (χ4n) is 2.48. The number of aliphatic hydroxyl groups is 1. The van der Waals surface area contributed by atoms with Gasteiger partial charge in [0.15, 0.2) is 0 Å². The molecule has 1 heterocycles. The van der Waals surface area contributed by atoms with E-state index in [0.717, 1.165) is 44.0 Å². The van der Waals surface area contributed by atoms with Crippen LogP contribution in [0.5, 0.6) is 5.75 Å². The molecule has 4 heteroatoms. The number of hydrogen-bond donors (Lipinski definition) is 1. The van der Waals surface area contributed by atoms with E-state index in [-0.39, 0.29) is 0 Å². The molecule has 1 atom stereocenters. The number of rotatable bonds is 7. The number of allylic oxidation sites excluding steroid dienone is 1. The second kappa shape index (κ2) is 8.17. The number of hydrogen-bond acceptors (Lipinski definition) is 4. The van der Waals surface area contributed by atoms with Gasteiger partial charge in [-0.2, -0.15) is 0 Å². The first kappa shape index (κ1) is 16.0. The predicted molar refractivity (Wildman–Crippen MR) is 83.8 cm³/mol. The van der Waals surface area contributed by atoms with Crippen LogP contribution in [0, 0.1) is 6.92 Å². The van der Waals surface area contributed by atoms with Crippen LogP contribution < -0.4 is 4.74 Å². The van der Waals surface area contributed by atoms with Crippen molar-refractivity contribution in [3.8, 4) is 5.75 Å². The van der Waals surface area contributed by atoms with Crippen LogP contribution in [0.25, 0.3) is 0 Å². The third-order valence-electron chi connectivity index (χ3n) is 3.58. The van der Waals surface area contributed by atoms with Gasteiger partial charge >= 0.3 is 0 Å². The maximum absolute atomic E-state index is 10.1. The van der Waals surface area contributed by atoms with Crippen LogP contribution in [0.1, 0.15) is 11.1 Å². The fourth-order valence-corrected chi connectivity index (χ4v) is 2.48. The summed E-state index contributed by atoms with van der Waals surface area (Å²) in [6.07, 6.45) is 2.16. The zero-order chi connectivity index (χ0) is 15.1. The summed E-state index contributed by atoms with van der Waals surface area (Å²) in [5.74, 6) is 0.835. The molecule has 1 N–H and O–H groups in total. The van der Waals surface area contributed by atoms with E-state index < -0.39 is 6.10 Å². The highest BCUT2D eigenvalue weighted by atomic mass is 16.5. The quantitative estimate of drug-likeness (QED) is 0.778. The first-order valence-corrected chi connectivity index (χ1v) is 7.50. The lowest BCUT2D eigenvalue weighted by Gasteiger charge is -2.28. The molecule has 0 aliphatic carbocycles. The van der Waals surface area contributed by atoms with E-state index in [2.05, 4.69) is 24.5 Å². The number of ether oxygens (including phenoxy) is 2. The van der Waals surface area contributed by atoms with Crippen molar-refractivity contribution in [2.75, 3.05) is 39.5 Å². The minimum Gasteiger partial charge on any atom is -0.491 e. The zero-order valence-corrected chi connectivity index (χ0v) is 12.8. The van der Waals surface area contributed by atoms with Gasteiger partial charge in [0.05, 0.1) is 13.2 Å². The molecule has 0 bridgehead atoms. The van der Waals surface area contributed by atoms with Gasteiger partial charge in [-0.05, 0) is 25.0 Å². The fraction of sp³-hybridized carbons (Fsp3) is 0.529. The third kappa shape index (κ3) is 5.16. The summed E-state index contributed by atoms with van der Waals surface area (Å²) in [7, 11) is 0. The molecule has 1 saturated heterocycles. The van der Waals surface area contributed by atoms with E-state index in [9.17, 15) is 5.11 Å². The smallest absolute Gasteiger partial charge is 0.122 e. The first-order valence-electron chi connectivity index (χ1n) is 7.50. The molecule has 1 aliphatic heterocycles. The van der Waals surface area contributed by atoms with Crippen LogP contribution in [-0.4, -0.2) is 55.6 Å². The van der Waals surface area contributed by atoms with Crippen molar-refractivity contribution in [3.63, 3.8) is 0 Å². The van der Waals surface area contributed by atoms with Crippen molar-refractivity contribution in [2.24, 2.45) is 0 Å². The van der Waals surface area contributed by atoms with Gasteiger partial charge in [-0.1, -0.05) is 23.8 Å². The summed E-state index contributed by atoms with van der Waals surface area (Å²) in [5, 5.41) is 10.1. The van der Waals surface area contributed by atoms with E-state index in [1.54, 1.807) is 0 Å². The average molecular weight is 291 g/mol. The van der Waals surface area contributed by atoms with Crippen molar-refractivity contribution >= 4 is 0 Å². The van der Waals surface area contributed by atoms with E-state index in [1.807, 2.05) is 18.2 Å². The summed E-state index contributed by atoms with van der Waals surface area (Å²) >= 11 is 0. The number of aliphatic hydroxyl groups excluding tert-OH is 1. The summed E-state index contributed by atoms with van der Waals surface area (Å²) in [5.41, 5.74) is 2.32. The van der Waals surface area contributed by atoms with Crippen LogP contribution in [0.15, 0.2) is 30.9 Å². The molecule has 0 aromatic heterocycles. The summed E-state index contributed by atoms with van der Waals surface area (Å²) in [4.78, 5) is 2.21. The van der Waals surface area contributed by atoms with Crippen LogP contribution >= 0.6 is 0 Å². The van der Waals surface area contributed by atoms with Crippen LogP contribution in [0.4, 0.5) is 0 Å². The molecule has 21 heavy (non-hydrogen) atoms. The van der Waals surface area contributed by atoms with Gasteiger partial charge in [0.2, 0.25) is 0 Å². The van der Waals surface area contributed by atoms with Crippen molar-refractivity contribution in [1.82, 2.24) is 4.90 Å². The van der Waals surface area contributed by atoms with Crippen LogP contribution in [0.3, 0.4) is 0 Å². The number of morpholine rings is 1. The highest BCUT2D eigenvalue weighted by molar-refractivity contribution is 5.38. The minimum absolute atomic E-state index is 0.310. The standard InChI is InChI=1S/C17H25NO3/c1-3-4-15-11-14(2)5-6-17(15)21-13-16(19)12-18-7-9-20-10-8-18/h3,5-6,11,16,19H,1,4,7-10,12-13H2,2H3/t16-/m1/s1. The molecule has 2 rings (SSSR count). The Bertz CT molecular complexity index is 455. The van der Waals surface area contributed by atoms with Gasteiger partial charge in [0.1, 0.15) is 18.5 Å². The van der Waals surface area contributed by atoms with Gasteiger partial charge in [-0.15, -0.1) is 6.58 Å². The maximum atomic E-state index is 10.1.